The molecule has 2 rings (SSSR count). The summed E-state index contributed by atoms with van der Waals surface area (Å²) >= 11 is 0. The highest BCUT2D eigenvalue weighted by atomic mass is 32.2. The maximum atomic E-state index is 13.0. The molecule has 5 nitrogen and oxygen atoms in total. The summed E-state index contributed by atoms with van der Waals surface area (Å²) in [5.74, 6) is -0.592. The lowest BCUT2D eigenvalue weighted by atomic mass is 10.2. The molecule has 6 heteroatoms. The van der Waals surface area contributed by atoms with Crippen molar-refractivity contribution in [2.24, 2.45) is 0 Å². The van der Waals surface area contributed by atoms with Gasteiger partial charge in [0, 0.05) is 0 Å². The van der Waals surface area contributed by atoms with Gasteiger partial charge in [0.2, 0.25) is 0 Å². The molecule has 0 unspecified atom stereocenters. The molecule has 0 atom stereocenters. The van der Waals surface area contributed by atoms with E-state index in [0.717, 1.165) is 9.87 Å². The Labute approximate surface area is 142 Å². The highest BCUT2D eigenvalue weighted by Crippen LogP contribution is 2.24. The predicted octanol–water partition coefficient (Wildman–Crippen LogP) is 3.14. The Morgan fingerprint density at radius 3 is 2.33 bits per heavy atom. The lowest BCUT2D eigenvalue weighted by Crippen LogP contribution is -2.37. The van der Waals surface area contributed by atoms with Crippen LogP contribution < -0.4 is 4.31 Å². The van der Waals surface area contributed by atoms with E-state index in [2.05, 4.69) is 0 Å². The number of ether oxygens (including phenoxy) is 1. The average Bonchev–Trinajstić information content (AvgIpc) is 2.52. The smallest absolute Gasteiger partial charge is 0.327 e. The zero-order chi connectivity index (χ0) is 17.7. The second kappa shape index (κ2) is 7.49. The quantitative estimate of drug-likeness (QED) is 0.753. The first-order valence-electron chi connectivity index (χ1n) is 7.64. The number of benzene rings is 2. The van der Waals surface area contributed by atoms with Crippen molar-refractivity contribution in [2.45, 2.75) is 31.8 Å². The van der Waals surface area contributed by atoms with Crippen LogP contribution in [0, 0.1) is 6.92 Å². The van der Waals surface area contributed by atoms with Crippen molar-refractivity contribution in [3.05, 3.63) is 60.2 Å². The molecule has 0 radical (unpaired) electrons. The number of nitrogens with zero attached hydrogens (tertiary/aromatic N) is 1. The number of carbonyl (C=O) groups is 1. The van der Waals surface area contributed by atoms with Gasteiger partial charge in [-0.05, 0) is 50.6 Å². The largest absolute Gasteiger partial charge is 0.462 e. The zero-order valence-corrected chi connectivity index (χ0v) is 14.8. The van der Waals surface area contributed by atoms with Crippen LogP contribution >= 0.6 is 0 Å². The fourth-order valence-electron chi connectivity index (χ4n) is 2.24. The van der Waals surface area contributed by atoms with Crippen LogP contribution in [-0.4, -0.2) is 27.0 Å². The van der Waals surface area contributed by atoms with E-state index in [-0.39, 0.29) is 17.5 Å². The Kier molecular flexibility index (Phi) is 5.62. The standard InChI is InChI=1S/C18H21NO4S/c1-14(2)23-18(20)13-19(16-9-7-8-15(3)12-16)24(21,22)17-10-5-4-6-11-17/h4-12,14H,13H2,1-3H3. The van der Waals surface area contributed by atoms with E-state index in [4.69, 9.17) is 4.74 Å². The molecule has 24 heavy (non-hydrogen) atoms. The molecule has 2 aromatic carbocycles. The molecule has 0 fully saturated rings. The summed E-state index contributed by atoms with van der Waals surface area (Å²) in [4.78, 5) is 12.2. The van der Waals surface area contributed by atoms with E-state index in [1.165, 1.54) is 12.1 Å². The first-order chi connectivity index (χ1) is 11.3. The van der Waals surface area contributed by atoms with Crippen LogP contribution in [0.25, 0.3) is 0 Å². The van der Waals surface area contributed by atoms with Crippen LogP contribution in [-0.2, 0) is 19.6 Å². The van der Waals surface area contributed by atoms with Gasteiger partial charge in [0.15, 0.2) is 0 Å². The number of carbonyl (C=O) groups excluding carboxylic acids is 1. The number of aryl methyl sites for hydroxylation is 1. The lowest BCUT2D eigenvalue weighted by Gasteiger charge is -2.24. The summed E-state index contributed by atoms with van der Waals surface area (Å²) < 4.78 is 32.2. The molecule has 0 N–H and O–H groups in total. The summed E-state index contributed by atoms with van der Waals surface area (Å²) in [6.07, 6.45) is -0.309. The summed E-state index contributed by atoms with van der Waals surface area (Å²) in [7, 11) is -3.87. The highest BCUT2D eigenvalue weighted by Gasteiger charge is 2.27. The number of sulfonamides is 1. The van der Waals surface area contributed by atoms with E-state index in [1.807, 2.05) is 13.0 Å². The Bertz CT molecular complexity index is 801. The summed E-state index contributed by atoms with van der Waals surface area (Å²) in [5, 5.41) is 0. The molecule has 0 saturated carbocycles. The van der Waals surface area contributed by atoms with Crippen LogP contribution in [0.15, 0.2) is 59.5 Å². The van der Waals surface area contributed by atoms with Gasteiger partial charge in [-0.3, -0.25) is 9.10 Å². The van der Waals surface area contributed by atoms with Crippen LogP contribution in [0.2, 0.25) is 0 Å². The molecule has 0 aliphatic rings. The number of esters is 1. The van der Waals surface area contributed by atoms with Crippen molar-refractivity contribution in [3.63, 3.8) is 0 Å². The maximum Gasteiger partial charge on any atom is 0.327 e. The molecule has 0 amide bonds. The fourth-order valence-corrected chi connectivity index (χ4v) is 3.66. The molecule has 0 aromatic heterocycles. The molecular formula is C18H21NO4S. The van der Waals surface area contributed by atoms with Crippen molar-refractivity contribution >= 4 is 21.7 Å². The second-order valence-electron chi connectivity index (χ2n) is 5.70. The normalized spacial score (nSPS) is 11.3. The van der Waals surface area contributed by atoms with Crippen LogP contribution in [0.1, 0.15) is 19.4 Å². The van der Waals surface area contributed by atoms with Gasteiger partial charge < -0.3 is 4.74 Å². The summed E-state index contributed by atoms with van der Waals surface area (Å²) in [6, 6.07) is 15.1. The van der Waals surface area contributed by atoms with E-state index < -0.39 is 16.0 Å². The van der Waals surface area contributed by atoms with Gasteiger partial charge in [0.1, 0.15) is 6.54 Å². The summed E-state index contributed by atoms with van der Waals surface area (Å²) in [5.41, 5.74) is 1.33. The average molecular weight is 347 g/mol. The van der Waals surface area contributed by atoms with Gasteiger partial charge in [-0.15, -0.1) is 0 Å². The Morgan fingerprint density at radius 1 is 1.08 bits per heavy atom. The molecule has 0 saturated heterocycles. The molecule has 0 aliphatic heterocycles. The van der Waals surface area contributed by atoms with Crippen LogP contribution in [0.4, 0.5) is 5.69 Å². The molecule has 0 aliphatic carbocycles. The van der Waals surface area contributed by atoms with Crippen molar-refractivity contribution < 1.29 is 17.9 Å². The monoisotopic (exact) mass is 347 g/mol. The number of hydrogen-bond acceptors (Lipinski definition) is 4. The predicted molar refractivity (Wildman–Crippen MR) is 93.4 cm³/mol. The first kappa shape index (κ1) is 18.0. The van der Waals surface area contributed by atoms with Crippen LogP contribution in [0.3, 0.4) is 0 Å². The number of hydrogen-bond donors (Lipinski definition) is 0. The van der Waals surface area contributed by atoms with Gasteiger partial charge in [-0.25, -0.2) is 8.42 Å². The second-order valence-corrected chi connectivity index (χ2v) is 7.56. The van der Waals surface area contributed by atoms with Crippen molar-refractivity contribution in [1.82, 2.24) is 0 Å². The van der Waals surface area contributed by atoms with Gasteiger partial charge in [0.25, 0.3) is 10.0 Å². The number of anilines is 1. The third kappa shape index (κ3) is 4.35. The topological polar surface area (TPSA) is 63.7 Å². The minimum Gasteiger partial charge on any atom is -0.462 e. The molecule has 0 bridgehead atoms. The third-order valence-corrected chi connectivity index (χ3v) is 5.05. The minimum absolute atomic E-state index is 0.129. The molecule has 0 heterocycles. The molecule has 0 spiro atoms. The van der Waals surface area contributed by atoms with Gasteiger partial charge in [-0.2, -0.15) is 0 Å². The van der Waals surface area contributed by atoms with Gasteiger partial charge in [-0.1, -0.05) is 30.3 Å². The van der Waals surface area contributed by atoms with E-state index >= 15 is 0 Å². The fraction of sp³-hybridized carbons (Fsp3) is 0.278. The van der Waals surface area contributed by atoms with E-state index in [9.17, 15) is 13.2 Å². The summed E-state index contributed by atoms with van der Waals surface area (Å²) in [6.45, 7) is 4.93. The highest BCUT2D eigenvalue weighted by molar-refractivity contribution is 7.92. The van der Waals surface area contributed by atoms with Crippen molar-refractivity contribution in [3.8, 4) is 0 Å². The third-order valence-electron chi connectivity index (χ3n) is 3.26. The first-order valence-corrected chi connectivity index (χ1v) is 9.08. The molecular weight excluding hydrogens is 326 g/mol. The minimum atomic E-state index is -3.87. The molecule has 2 aromatic rings. The van der Waals surface area contributed by atoms with E-state index in [1.54, 1.807) is 50.2 Å². The molecule has 128 valence electrons. The van der Waals surface area contributed by atoms with Gasteiger partial charge >= 0.3 is 5.97 Å². The Morgan fingerprint density at radius 2 is 1.75 bits per heavy atom. The van der Waals surface area contributed by atoms with Crippen molar-refractivity contribution in [2.75, 3.05) is 10.8 Å². The zero-order valence-electron chi connectivity index (χ0n) is 14.0. The van der Waals surface area contributed by atoms with Gasteiger partial charge in [0.05, 0.1) is 16.7 Å². The maximum absolute atomic E-state index is 13.0. The lowest BCUT2D eigenvalue weighted by molar-refractivity contribution is -0.145. The Hall–Kier alpha value is -2.34. The van der Waals surface area contributed by atoms with E-state index in [0.29, 0.717) is 5.69 Å². The SMILES string of the molecule is Cc1cccc(N(CC(=O)OC(C)C)S(=O)(=O)c2ccccc2)c1. The van der Waals surface area contributed by atoms with Crippen molar-refractivity contribution in [1.29, 1.82) is 0 Å². The Balaban J connectivity index is 2.45. The van der Waals surface area contributed by atoms with Crippen LogP contribution in [0.5, 0.6) is 0 Å². The number of rotatable bonds is 6.